The van der Waals surface area contributed by atoms with Gasteiger partial charge in [0.1, 0.15) is 0 Å². The lowest BCUT2D eigenvalue weighted by atomic mass is 10.2. The van der Waals surface area contributed by atoms with Crippen molar-refractivity contribution in [2.75, 3.05) is 0 Å². The van der Waals surface area contributed by atoms with Gasteiger partial charge >= 0.3 is 0 Å². The highest BCUT2D eigenvalue weighted by Gasteiger charge is 1.93. The van der Waals surface area contributed by atoms with Crippen LogP contribution < -0.4 is 11.3 Å². The minimum Gasteiger partial charge on any atom is -0.359 e. The monoisotopic (exact) mass is 176 g/mol. The summed E-state index contributed by atoms with van der Waals surface area (Å²) >= 11 is 0. The molecule has 1 rings (SSSR count). The van der Waals surface area contributed by atoms with Crippen LogP contribution in [0.4, 0.5) is 0 Å². The number of amides is 1. The van der Waals surface area contributed by atoms with Gasteiger partial charge in [0.15, 0.2) is 0 Å². The van der Waals surface area contributed by atoms with Crippen LogP contribution in [0.2, 0.25) is 0 Å². The summed E-state index contributed by atoms with van der Waals surface area (Å²) < 4.78 is 0. The van der Waals surface area contributed by atoms with Crippen LogP contribution in [-0.2, 0) is 4.79 Å². The number of hydrogen-bond acceptors (Lipinski definition) is 2. The number of aryl methyl sites for hydroxylation is 1. The molecule has 0 aliphatic rings. The molecule has 3 N–H and O–H groups in total. The van der Waals surface area contributed by atoms with Crippen LogP contribution in [0.3, 0.4) is 0 Å². The molecule has 66 valence electrons. The van der Waals surface area contributed by atoms with E-state index in [4.69, 9.17) is 5.73 Å². The third-order valence-electron chi connectivity index (χ3n) is 1.42. The van der Waals surface area contributed by atoms with E-state index in [1.807, 2.05) is 0 Å². The van der Waals surface area contributed by atoms with Crippen molar-refractivity contribution in [1.29, 1.82) is 0 Å². The lowest BCUT2D eigenvalue weighted by Gasteiger charge is -1.91. The van der Waals surface area contributed by atoms with Gasteiger partial charge in [0.2, 0.25) is 0 Å². The SMILES string of the molecule is Cc1cc(C#CC(N)=O)c[nH]c1=O. The fourth-order valence-corrected chi connectivity index (χ4v) is 0.804. The van der Waals surface area contributed by atoms with E-state index in [9.17, 15) is 9.59 Å². The molecular formula is C9H8N2O2. The van der Waals surface area contributed by atoms with Gasteiger partial charge < -0.3 is 10.7 Å². The first-order valence-electron chi connectivity index (χ1n) is 3.60. The van der Waals surface area contributed by atoms with Crippen LogP contribution in [0, 0.1) is 18.8 Å². The zero-order valence-electron chi connectivity index (χ0n) is 7.05. The van der Waals surface area contributed by atoms with Crippen LogP contribution >= 0.6 is 0 Å². The van der Waals surface area contributed by atoms with Crippen LogP contribution in [0.1, 0.15) is 11.1 Å². The zero-order valence-corrected chi connectivity index (χ0v) is 7.05. The molecule has 0 saturated heterocycles. The van der Waals surface area contributed by atoms with E-state index in [-0.39, 0.29) is 5.56 Å². The lowest BCUT2D eigenvalue weighted by Crippen LogP contribution is -2.09. The highest BCUT2D eigenvalue weighted by atomic mass is 16.1. The van der Waals surface area contributed by atoms with Crippen molar-refractivity contribution in [3.63, 3.8) is 0 Å². The number of pyridine rings is 1. The molecule has 0 fully saturated rings. The molecule has 1 aromatic rings. The van der Waals surface area contributed by atoms with Crippen molar-refractivity contribution in [1.82, 2.24) is 4.98 Å². The molecule has 0 radical (unpaired) electrons. The first-order chi connectivity index (χ1) is 6.09. The van der Waals surface area contributed by atoms with Gasteiger partial charge in [0.05, 0.1) is 0 Å². The molecule has 0 aliphatic heterocycles. The smallest absolute Gasteiger partial charge is 0.293 e. The van der Waals surface area contributed by atoms with Gasteiger partial charge in [-0.25, -0.2) is 0 Å². The largest absolute Gasteiger partial charge is 0.359 e. The summed E-state index contributed by atoms with van der Waals surface area (Å²) in [6.45, 7) is 1.66. The Morgan fingerprint density at radius 2 is 2.31 bits per heavy atom. The summed E-state index contributed by atoms with van der Waals surface area (Å²) in [6.07, 6.45) is 1.44. The number of nitrogens with two attached hydrogens (primary N) is 1. The first kappa shape index (κ1) is 9.07. The van der Waals surface area contributed by atoms with E-state index < -0.39 is 5.91 Å². The van der Waals surface area contributed by atoms with Crippen molar-refractivity contribution in [2.45, 2.75) is 6.92 Å². The van der Waals surface area contributed by atoms with Crippen molar-refractivity contribution in [3.05, 3.63) is 33.7 Å². The molecule has 0 spiro atoms. The van der Waals surface area contributed by atoms with Gasteiger partial charge in [0.25, 0.3) is 11.5 Å². The highest BCUT2D eigenvalue weighted by Crippen LogP contribution is 1.93. The van der Waals surface area contributed by atoms with Gasteiger partial charge in [-0.05, 0) is 13.0 Å². The second-order valence-corrected chi connectivity index (χ2v) is 2.51. The third-order valence-corrected chi connectivity index (χ3v) is 1.42. The van der Waals surface area contributed by atoms with Crippen molar-refractivity contribution < 1.29 is 4.79 Å². The minimum absolute atomic E-state index is 0.162. The fraction of sp³-hybridized carbons (Fsp3) is 0.111. The van der Waals surface area contributed by atoms with Gasteiger partial charge in [-0.1, -0.05) is 5.92 Å². The number of primary amides is 1. The van der Waals surface area contributed by atoms with Crippen LogP contribution in [0.15, 0.2) is 17.1 Å². The molecule has 0 atom stereocenters. The van der Waals surface area contributed by atoms with E-state index >= 15 is 0 Å². The van der Waals surface area contributed by atoms with Crippen LogP contribution in [0.25, 0.3) is 0 Å². The molecule has 0 bridgehead atoms. The van der Waals surface area contributed by atoms with Gasteiger partial charge in [-0.3, -0.25) is 9.59 Å². The second-order valence-electron chi connectivity index (χ2n) is 2.51. The van der Waals surface area contributed by atoms with E-state index in [2.05, 4.69) is 16.8 Å². The molecule has 0 aromatic carbocycles. The second kappa shape index (κ2) is 3.59. The van der Waals surface area contributed by atoms with Crippen LogP contribution in [0.5, 0.6) is 0 Å². The quantitative estimate of drug-likeness (QED) is 0.524. The number of hydrogen-bond donors (Lipinski definition) is 2. The maximum atomic E-state index is 10.9. The molecule has 0 saturated carbocycles. The third kappa shape index (κ3) is 2.49. The standard InChI is InChI=1S/C9H8N2O2/c1-6-4-7(2-3-8(10)12)5-11-9(6)13/h4-5H,1H3,(H2,10,12)(H,11,13). The van der Waals surface area contributed by atoms with Crippen molar-refractivity contribution in [2.24, 2.45) is 5.73 Å². The molecule has 0 aliphatic carbocycles. The van der Waals surface area contributed by atoms with Crippen molar-refractivity contribution in [3.8, 4) is 11.8 Å². The maximum Gasteiger partial charge on any atom is 0.293 e. The molecule has 4 nitrogen and oxygen atoms in total. The van der Waals surface area contributed by atoms with Crippen LogP contribution in [-0.4, -0.2) is 10.9 Å². The zero-order chi connectivity index (χ0) is 9.84. The summed E-state index contributed by atoms with van der Waals surface area (Å²) in [5, 5.41) is 0. The van der Waals surface area contributed by atoms with Gasteiger partial charge in [-0.2, -0.15) is 0 Å². The highest BCUT2D eigenvalue weighted by molar-refractivity contribution is 5.92. The Hall–Kier alpha value is -2.02. The number of nitrogens with one attached hydrogen (secondary N) is 1. The predicted molar refractivity (Wildman–Crippen MR) is 47.9 cm³/mol. The average Bonchev–Trinajstić information content (AvgIpc) is 2.07. The summed E-state index contributed by atoms with van der Waals surface area (Å²) in [5.74, 6) is 4.00. The van der Waals surface area contributed by atoms with E-state index in [1.165, 1.54) is 6.20 Å². The average molecular weight is 176 g/mol. The molecule has 0 unspecified atom stereocenters. The minimum atomic E-state index is -0.691. The summed E-state index contributed by atoms with van der Waals surface area (Å²) in [4.78, 5) is 23.7. The molecule has 1 aromatic heterocycles. The molecular weight excluding hydrogens is 168 g/mol. The normalized spacial score (nSPS) is 8.69. The number of rotatable bonds is 0. The number of carbonyl (C=O) groups excluding carboxylic acids is 1. The Morgan fingerprint density at radius 1 is 1.62 bits per heavy atom. The van der Waals surface area contributed by atoms with E-state index in [0.717, 1.165) is 0 Å². The lowest BCUT2D eigenvalue weighted by molar-refractivity contribution is -0.112. The van der Waals surface area contributed by atoms with Gasteiger partial charge in [0, 0.05) is 23.2 Å². The first-order valence-corrected chi connectivity index (χ1v) is 3.60. The van der Waals surface area contributed by atoms with Crippen molar-refractivity contribution >= 4 is 5.91 Å². The summed E-state index contributed by atoms with van der Waals surface area (Å²) in [5.41, 5.74) is 5.78. The number of aromatic nitrogens is 1. The van der Waals surface area contributed by atoms with E-state index in [0.29, 0.717) is 11.1 Å². The Bertz CT molecular complexity index is 449. The Labute approximate surface area is 74.8 Å². The number of carbonyl (C=O) groups is 1. The molecule has 4 heteroatoms. The molecule has 1 amide bonds. The Morgan fingerprint density at radius 3 is 2.85 bits per heavy atom. The Balaban J connectivity index is 3.07. The Kier molecular flexibility index (Phi) is 2.50. The summed E-state index contributed by atoms with van der Waals surface area (Å²) in [7, 11) is 0. The summed E-state index contributed by atoms with van der Waals surface area (Å²) in [6, 6.07) is 1.59. The number of H-pyrrole nitrogens is 1. The maximum absolute atomic E-state index is 10.9. The van der Waals surface area contributed by atoms with E-state index in [1.54, 1.807) is 13.0 Å². The molecule has 13 heavy (non-hydrogen) atoms. The number of aromatic amines is 1. The van der Waals surface area contributed by atoms with Gasteiger partial charge in [-0.15, -0.1) is 0 Å². The molecule has 1 heterocycles. The predicted octanol–water partition coefficient (Wildman–Crippen LogP) is -0.480. The topological polar surface area (TPSA) is 76.0 Å². The fourth-order valence-electron chi connectivity index (χ4n) is 0.804.